The number of anilines is 3. The number of amides is 2. The molecule has 3 aromatic carbocycles. The Kier molecular flexibility index (Phi) is 5.57. The summed E-state index contributed by atoms with van der Waals surface area (Å²) in [5.41, 5.74) is 3.26. The fourth-order valence-corrected chi connectivity index (χ4v) is 3.22. The molecule has 0 radical (unpaired) electrons. The molecule has 1 heterocycles. The van der Waals surface area contributed by atoms with Gasteiger partial charge in [0.2, 0.25) is 17.8 Å². The van der Waals surface area contributed by atoms with E-state index >= 15 is 0 Å². The quantitative estimate of drug-likeness (QED) is 0.691. The van der Waals surface area contributed by atoms with Crippen LogP contribution in [0.5, 0.6) is 0 Å². The highest BCUT2D eigenvalue weighted by molar-refractivity contribution is 6.23. The third-order valence-electron chi connectivity index (χ3n) is 4.77. The molecule has 30 heavy (non-hydrogen) atoms. The Labute approximate surface area is 175 Å². The summed E-state index contributed by atoms with van der Waals surface area (Å²) in [6, 6.07) is 25.4. The zero-order chi connectivity index (χ0) is 20.9. The van der Waals surface area contributed by atoms with Crippen molar-refractivity contribution >= 4 is 34.8 Å². The van der Waals surface area contributed by atoms with Crippen LogP contribution in [0.1, 0.15) is 12.0 Å². The molecule has 6 heteroatoms. The number of hydrogen-bond donors (Lipinski definition) is 2. The molecule has 2 amide bonds. The summed E-state index contributed by atoms with van der Waals surface area (Å²) in [6.07, 6.45) is -0.00738. The molecule has 4 rings (SSSR count). The van der Waals surface area contributed by atoms with E-state index in [2.05, 4.69) is 15.6 Å². The molecule has 2 N–H and O–H groups in total. The number of para-hydroxylation sites is 2. The van der Waals surface area contributed by atoms with Gasteiger partial charge in [0, 0.05) is 11.4 Å². The van der Waals surface area contributed by atoms with Crippen LogP contribution in [-0.2, 0) is 9.59 Å². The number of nitrogens with one attached hydrogen (secondary N) is 2. The molecule has 1 aliphatic rings. The van der Waals surface area contributed by atoms with Crippen molar-refractivity contribution in [3.05, 3.63) is 90.5 Å². The number of benzene rings is 3. The molecule has 1 atom stereocenters. The number of carbonyl (C=O) groups excluding carboxylic acids is 2. The summed E-state index contributed by atoms with van der Waals surface area (Å²) >= 11 is 0. The van der Waals surface area contributed by atoms with Crippen LogP contribution in [0, 0.1) is 6.92 Å². The van der Waals surface area contributed by atoms with Crippen molar-refractivity contribution in [3.63, 3.8) is 0 Å². The number of aryl methyl sites for hydroxylation is 1. The molecule has 0 saturated carbocycles. The highest BCUT2D eigenvalue weighted by Crippen LogP contribution is 2.23. The van der Waals surface area contributed by atoms with Gasteiger partial charge in [-0.05, 0) is 43.3 Å². The SMILES string of the molecule is Cc1ccc(NC(=O)C2CC(=O)N(c3ccccc3)C(Nc3ccccc3)=N2)cc1. The van der Waals surface area contributed by atoms with Crippen LogP contribution in [0.3, 0.4) is 0 Å². The average Bonchev–Trinajstić information content (AvgIpc) is 2.76. The lowest BCUT2D eigenvalue weighted by Gasteiger charge is -2.31. The van der Waals surface area contributed by atoms with Gasteiger partial charge in [0.05, 0.1) is 12.1 Å². The number of aliphatic imine (C=N–C) groups is 1. The van der Waals surface area contributed by atoms with Crippen LogP contribution in [0.2, 0.25) is 0 Å². The van der Waals surface area contributed by atoms with E-state index in [1.807, 2.05) is 91.9 Å². The maximum absolute atomic E-state index is 13.0. The fourth-order valence-electron chi connectivity index (χ4n) is 3.22. The highest BCUT2D eigenvalue weighted by Gasteiger charge is 2.34. The molecular formula is C24H22N4O2. The Morgan fingerprint density at radius 2 is 1.53 bits per heavy atom. The second-order valence-electron chi connectivity index (χ2n) is 7.08. The molecule has 1 unspecified atom stereocenters. The van der Waals surface area contributed by atoms with Crippen molar-refractivity contribution in [2.45, 2.75) is 19.4 Å². The molecule has 3 aromatic rings. The summed E-state index contributed by atoms with van der Waals surface area (Å²) in [5, 5.41) is 6.05. The standard InChI is InChI=1S/C24H22N4O2/c1-17-12-14-19(15-13-17)25-23(30)21-16-22(29)28(20-10-6-3-7-11-20)24(27-21)26-18-8-4-2-5-9-18/h2-15,21H,16H2,1H3,(H,25,30)(H,26,27). The third-order valence-corrected chi connectivity index (χ3v) is 4.77. The molecular weight excluding hydrogens is 376 g/mol. The zero-order valence-electron chi connectivity index (χ0n) is 16.6. The maximum Gasteiger partial charge on any atom is 0.249 e. The van der Waals surface area contributed by atoms with E-state index in [4.69, 9.17) is 0 Å². The summed E-state index contributed by atoms with van der Waals surface area (Å²) < 4.78 is 0. The van der Waals surface area contributed by atoms with Gasteiger partial charge in [-0.1, -0.05) is 54.1 Å². The van der Waals surface area contributed by atoms with Crippen molar-refractivity contribution in [2.75, 3.05) is 15.5 Å². The normalized spacial score (nSPS) is 16.0. The van der Waals surface area contributed by atoms with Crippen molar-refractivity contribution in [2.24, 2.45) is 4.99 Å². The topological polar surface area (TPSA) is 73.8 Å². The number of guanidine groups is 1. The second-order valence-corrected chi connectivity index (χ2v) is 7.08. The van der Waals surface area contributed by atoms with E-state index in [9.17, 15) is 9.59 Å². The van der Waals surface area contributed by atoms with Gasteiger partial charge in [-0.15, -0.1) is 0 Å². The smallest absolute Gasteiger partial charge is 0.249 e. The first kappa shape index (κ1) is 19.4. The number of rotatable bonds is 4. The predicted octanol–water partition coefficient (Wildman–Crippen LogP) is 4.21. The fraction of sp³-hybridized carbons (Fsp3) is 0.125. The highest BCUT2D eigenvalue weighted by atomic mass is 16.2. The zero-order valence-corrected chi connectivity index (χ0v) is 16.6. The lowest BCUT2D eigenvalue weighted by atomic mass is 10.1. The molecule has 0 bridgehead atoms. The van der Waals surface area contributed by atoms with Crippen LogP contribution >= 0.6 is 0 Å². The molecule has 150 valence electrons. The minimum Gasteiger partial charge on any atom is -0.326 e. The van der Waals surface area contributed by atoms with E-state index in [-0.39, 0.29) is 18.2 Å². The largest absolute Gasteiger partial charge is 0.326 e. The minimum atomic E-state index is -0.815. The first-order chi connectivity index (χ1) is 14.6. The van der Waals surface area contributed by atoms with Gasteiger partial charge in [0.15, 0.2) is 0 Å². The van der Waals surface area contributed by atoms with E-state index in [0.717, 1.165) is 11.3 Å². The molecule has 0 saturated heterocycles. The van der Waals surface area contributed by atoms with Crippen LogP contribution in [0.4, 0.5) is 17.1 Å². The van der Waals surface area contributed by atoms with Gasteiger partial charge in [-0.3, -0.25) is 14.5 Å². The van der Waals surface area contributed by atoms with Gasteiger partial charge >= 0.3 is 0 Å². The second kappa shape index (κ2) is 8.61. The molecule has 0 aromatic heterocycles. The van der Waals surface area contributed by atoms with Gasteiger partial charge in [0.25, 0.3) is 0 Å². The van der Waals surface area contributed by atoms with Crippen molar-refractivity contribution in [1.82, 2.24) is 0 Å². The first-order valence-corrected chi connectivity index (χ1v) is 9.75. The van der Waals surface area contributed by atoms with Gasteiger partial charge in [-0.2, -0.15) is 0 Å². The van der Waals surface area contributed by atoms with Crippen molar-refractivity contribution in [3.8, 4) is 0 Å². The van der Waals surface area contributed by atoms with Crippen molar-refractivity contribution < 1.29 is 9.59 Å². The molecule has 6 nitrogen and oxygen atoms in total. The number of carbonyl (C=O) groups is 2. The summed E-state index contributed by atoms with van der Waals surface area (Å²) in [4.78, 5) is 32.0. The Morgan fingerprint density at radius 3 is 2.20 bits per heavy atom. The monoisotopic (exact) mass is 398 g/mol. The van der Waals surface area contributed by atoms with Crippen LogP contribution in [-0.4, -0.2) is 23.8 Å². The molecule has 0 spiro atoms. The predicted molar refractivity (Wildman–Crippen MR) is 120 cm³/mol. The van der Waals surface area contributed by atoms with Gasteiger partial charge in [0.1, 0.15) is 6.04 Å². The Hall–Kier alpha value is -3.93. The average molecular weight is 398 g/mol. The minimum absolute atomic E-state index is 0.00738. The number of nitrogens with zero attached hydrogens (tertiary/aromatic N) is 2. The number of hydrogen-bond acceptors (Lipinski definition) is 4. The lowest BCUT2D eigenvalue weighted by molar-refractivity contribution is -0.123. The Balaban J connectivity index is 1.63. The third kappa shape index (κ3) is 4.38. The van der Waals surface area contributed by atoms with Crippen LogP contribution < -0.4 is 15.5 Å². The Bertz CT molecular complexity index is 1060. The maximum atomic E-state index is 13.0. The first-order valence-electron chi connectivity index (χ1n) is 9.75. The Morgan fingerprint density at radius 1 is 0.900 bits per heavy atom. The van der Waals surface area contributed by atoms with E-state index in [0.29, 0.717) is 17.3 Å². The van der Waals surface area contributed by atoms with Gasteiger partial charge < -0.3 is 10.6 Å². The lowest BCUT2D eigenvalue weighted by Crippen LogP contribution is -2.49. The van der Waals surface area contributed by atoms with Crippen molar-refractivity contribution in [1.29, 1.82) is 0 Å². The van der Waals surface area contributed by atoms with E-state index in [1.54, 1.807) is 0 Å². The van der Waals surface area contributed by atoms with E-state index < -0.39 is 6.04 Å². The molecule has 0 fully saturated rings. The van der Waals surface area contributed by atoms with E-state index in [1.165, 1.54) is 4.90 Å². The van der Waals surface area contributed by atoms with Crippen LogP contribution in [0.25, 0.3) is 0 Å². The summed E-state index contributed by atoms with van der Waals surface area (Å²) in [5.74, 6) is -0.182. The summed E-state index contributed by atoms with van der Waals surface area (Å²) in [6.45, 7) is 1.98. The molecule has 0 aliphatic carbocycles. The molecule has 1 aliphatic heterocycles. The summed E-state index contributed by atoms with van der Waals surface area (Å²) in [7, 11) is 0. The van der Waals surface area contributed by atoms with Gasteiger partial charge in [-0.25, -0.2) is 4.99 Å². The van der Waals surface area contributed by atoms with Crippen LogP contribution in [0.15, 0.2) is 89.9 Å².